The molecule has 2 aliphatic heterocycles. The summed E-state index contributed by atoms with van der Waals surface area (Å²) < 4.78 is 11.9. The van der Waals surface area contributed by atoms with E-state index in [-0.39, 0.29) is 29.2 Å². The fourth-order valence-electron chi connectivity index (χ4n) is 4.90. The van der Waals surface area contributed by atoms with E-state index in [2.05, 4.69) is 20.4 Å². The molecule has 0 aromatic carbocycles. The molecule has 4 fully saturated rings. The minimum absolute atomic E-state index is 0.0449. The summed E-state index contributed by atoms with van der Waals surface area (Å²) in [5.74, 6) is 1.09. The molecule has 2 saturated carbocycles. The van der Waals surface area contributed by atoms with Gasteiger partial charge in [-0.05, 0) is 38.5 Å². The van der Waals surface area contributed by atoms with Gasteiger partial charge in [-0.25, -0.2) is 4.79 Å². The molecule has 18 heavy (non-hydrogen) atoms. The summed E-state index contributed by atoms with van der Waals surface area (Å²) in [6, 6.07) is 0. The predicted molar refractivity (Wildman–Crippen MR) is 65.9 cm³/mol. The standard InChI is InChI=1S/C15H20O3/c1-8-4-5-11-9(2)12(16)17-15(11)10(8)6-7-14(3)13(15)18-14/h8,10-11,13H,2,4-7H2,1,3H3/t8-,10-,11+,13+,14+,15+/m0/s1. The van der Waals surface area contributed by atoms with E-state index < -0.39 is 0 Å². The Morgan fingerprint density at radius 1 is 1.33 bits per heavy atom. The topological polar surface area (TPSA) is 38.8 Å². The zero-order valence-corrected chi connectivity index (χ0v) is 11.1. The average Bonchev–Trinajstić information content (AvgIpc) is 2.95. The van der Waals surface area contributed by atoms with Crippen molar-refractivity contribution in [2.75, 3.05) is 0 Å². The van der Waals surface area contributed by atoms with E-state index in [1.54, 1.807) is 0 Å². The normalized spacial score (nSPS) is 57.4. The highest BCUT2D eigenvalue weighted by atomic mass is 16.7. The van der Waals surface area contributed by atoms with Crippen molar-refractivity contribution in [3.05, 3.63) is 12.2 Å². The largest absolute Gasteiger partial charge is 0.452 e. The van der Waals surface area contributed by atoms with Crippen LogP contribution in [0.4, 0.5) is 0 Å². The van der Waals surface area contributed by atoms with Crippen LogP contribution in [0.5, 0.6) is 0 Å². The van der Waals surface area contributed by atoms with Crippen molar-refractivity contribution in [1.29, 1.82) is 0 Å². The number of rotatable bonds is 0. The number of epoxide rings is 1. The summed E-state index contributed by atoms with van der Waals surface area (Å²) in [6.07, 6.45) is 4.53. The molecule has 0 bridgehead atoms. The van der Waals surface area contributed by atoms with Crippen LogP contribution in [-0.2, 0) is 14.3 Å². The summed E-state index contributed by atoms with van der Waals surface area (Å²) in [7, 11) is 0. The molecule has 3 nitrogen and oxygen atoms in total. The third kappa shape index (κ3) is 1.04. The smallest absolute Gasteiger partial charge is 0.334 e. The Morgan fingerprint density at radius 2 is 2.11 bits per heavy atom. The van der Waals surface area contributed by atoms with E-state index in [4.69, 9.17) is 9.47 Å². The van der Waals surface area contributed by atoms with Gasteiger partial charge in [0.25, 0.3) is 0 Å². The van der Waals surface area contributed by atoms with Crippen molar-refractivity contribution in [1.82, 2.24) is 0 Å². The lowest BCUT2D eigenvalue weighted by molar-refractivity contribution is -0.168. The zero-order chi connectivity index (χ0) is 12.7. The van der Waals surface area contributed by atoms with Gasteiger partial charge < -0.3 is 9.47 Å². The lowest BCUT2D eigenvalue weighted by atomic mass is 9.56. The van der Waals surface area contributed by atoms with Crippen LogP contribution in [0.15, 0.2) is 12.2 Å². The van der Waals surface area contributed by atoms with E-state index in [1.165, 1.54) is 6.42 Å². The van der Waals surface area contributed by atoms with Crippen LogP contribution in [0, 0.1) is 17.8 Å². The molecule has 0 N–H and O–H groups in total. The van der Waals surface area contributed by atoms with Crippen molar-refractivity contribution in [3.63, 3.8) is 0 Å². The maximum Gasteiger partial charge on any atom is 0.334 e. The van der Waals surface area contributed by atoms with Gasteiger partial charge in [0.2, 0.25) is 0 Å². The third-order valence-corrected chi connectivity index (χ3v) is 5.92. The maximum atomic E-state index is 12.0. The van der Waals surface area contributed by atoms with E-state index in [1.807, 2.05) is 0 Å². The van der Waals surface area contributed by atoms with E-state index in [9.17, 15) is 4.79 Å². The molecule has 4 aliphatic rings. The predicted octanol–water partition coefficient (Wildman–Crippen LogP) is 2.45. The minimum Gasteiger partial charge on any atom is -0.452 e. The molecule has 0 aromatic rings. The van der Waals surface area contributed by atoms with Gasteiger partial charge in [0.1, 0.15) is 6.10 Å². The molecule has 2 heterocycles. The van der Waals surface area contributed by atoms with Crippen molar-refractivity contribution in [2.45, 2.75) is 56.8 Å². The molecule has 0 amide bonds. The van der Waals surface area contributed by atoms with Gasteiger partial charge in [0, 0.05) is 17.4 Å². The van der Waals surface area contributed by atoms with Crippen LogP contribution in [0.3, 0.4) is 0 Å². The van der Waals surface area contributed by atoms with Gasteiger partial charge in [0.05, 0.1) is 5.60 Å². The first-order valence-electron chi connectivity index (χ1n) is 7.09. The number of hydrogen-bond acceptors (Lipinski definition) is 3. The van der Waals surface area contributed by atoms with Crippen LogP contribution in [0.25, 0.3) is 0 Å². The molecule has 1 spiro atoms. The molecule has 6 atom stereocenters. The molecular weight excluding hydrogens is 228 g/mol. The first-order chi connectivity index (χ1) is 8.49. The van der Waals surface area contributed by atoms with Crippen molar-refractivity contribution >= 4 is 5.97 Å². The van der Waals surface area contributed by atoms with Gasteiger partial charge in [0.15, 0.2) is 5.60 Å². The molecular formula is C15H20O3. The Balaban J connectivity index is 1.83. The second-order valence-corrected chi connectivity index (χ2v) is 6.83. The van der Waals surface area contributed by atoms with Crippen LogP contribution in [0.2, 0.25) is 0 Å². The van der Waals surface area contributed by atoms with E-state index >= 15 is 0 Å². The molecule has 0 unspecified atom stereocenters. The lowest BCUT2D eigenvalue weighted by Crippen LogP contribution is -2.57. The summed E-state index contributed by atoms with van der Waals surface area (Å²) >= 11 is 0. The fraction of sp³-hybridized carbons (Fsp3) is 0.800. The molecule has 98 valence electrons. The Kier molecular flexibility index (Phi) is 1.84. The monoisotopic (exact) mass is 248 g/mol. The van der Waals surface area contributed by atoms with Crippen LogP contribution in [-0.4, -0.2) is 23.3 Å². The van der Waals surface area contributed by atoms with Gasteiger partial charge in [-0.15, -0.1) is 0 Å². The quantitative estimate of drug-likeness (QED) is 0.375. The summed E-state index contributed by atoms with van der Waals surface area (Å²) in [5.41, 5.74) is 0.266. The maximum absolute atomic E-state index is 12.0. The summed E-state index contributed by atoms with van der Waals surface area (Å²) in [4.78, 5) is 12.0. The molecule has 2 aliphatic carbocycles. The summed E-state index contributed by atoms with van der Waals surface area (Å²) in [6.45, 7) is 8.43. The number of fused-ring (bicyclic) bond motifs is 1. The van der Waals surface area contributed by atoms with Gasteiger partial charge >= 0.3 is 5.97 Å². The fourth-order valence-corrected chi connectivity index (χ4v) is 4.90. The Labute approximate surface area is 108 Å². The van der Waals surface area contributed by atoms with Gasteiger partial charge in [-0.2, -0.15) is 0 Å². The second kappa shape index (κ2) is 3.01. The average molecular weight is 248 g/mol. The van der Waals surface area contributed by atoms with Crippen LogP contribution in [0.1, 0.15) is 39.5 Å². The third-order valence-electron chi connectivity index (χ3n) is 5.92. The summed E-state index contributed by atoms with van der Waals surface area (Å²) in [5, 5.41) is 0. The number of carbonyl (C=O) groups is 1. The zero-order valence-electron chi connectivity index (χ0n) is 11.1. The Morgan fingerprint density at radius 3 is 2.89 bits per heavy atom. The number of esters is 1. The lowest BCUT2D eigenvalue weighted by Gasteiger charge is -2.49. The highest BCUT2D eigenvalue weighted by molar-refractivity contribution is 5.92. The first kappa shape index (κ1) is 11.0. The van der Waals surface area contributed by atoms with Crippen molar-refractivity contribution in [3.8, 4) is 0 Å². The van der Waals surface area contributed by atoms with Crippen LogP contribution < -0.4 is 0 Å². The first-order valence-corrected chi connectivity index (χ1v) is 7.09. The Bertz CT molecular complexity index is 457. The van der Waals surface area contributed by atoms with Gasteiger partial charge in [-0.1, -0.05) is 13.5 Å². The molecule has 3 heteroatoms. The molecule has 0 radical (unpaired) electrons. The van der Waals surface area contributed by atoms with E-state index in [0.29, 0.717) is 17.4 Å². The van der Waals surface area contributed by atoms with Crippen molar-refractivity contribution in [2.24, 2.45) is 17.8 Å². The number of carbonyl (C=O) groups excluding carboxylic acids is 1. The number of ether oxygens (including phenoxy) is 2. The molecule has 0 aromatic heterocycles. The van der Waals surface area contributed by atoms with E-state index in [0.717, 1.165) is 19.3 Å². The minimum atomic E-state index is -0.376. The highest BCUT2D eigenvalue weighted by Gasteiger charge is 2.76. The molecule has 2 saturated heterocycles. The highest BCUT2D eigenvalue weighted by Crippen LogP contribution is 2.66. The van der Waals surface area contributed by atoms with Crippen molar-refractivity contribution < 1.29 is 14.3 Å². The van der Waals surface area contributed by atoms with Gasteiger partial charge in [-0.3, -0.25) is 0 Å². The van der Waals surface area contributed by atoms with Crippen LogP contribution >= 0.6 is 0 Å². The molecule has 4 rings (SSSR count). The Hall–Kier alpha value is -0.830. The number of hydrogen-bond donors (Lipinski definition) is 0. The second-order valence-electron chi connectivity index (χ2n) is 6.83. The SMILES string of the molecule is C=C1C(=O)O[C@@]23[C@@H]1CC[C@H](C)[C@@H]2CC[C@@]1(C)O[C@@H]31.